The standard InChI is InChI=1S/C16H17FN2O2/c1-10-4-3-5-11(2)16(10)21-9-15(20)19-14-8-12(17)6-7-13(14)18/h3-8H,9,18H2,1-2H3,(H,19,20). The highest BCUT2D eigenvalue weighted by Crippen LogP contribution is 2.23. The van der Waals surface area contributed by atoms with Gasteiger partial charge in [0, 0.05) is 0 Å². The molecule has 0 atom stereocenters. The van der Waals surface area contributed by atoms with Crippen molar-refractivity contribution < 1.29 is 13.9 Å². The number of para-hydroxylation sites is 1. The fraction of sp³-hybridized carbons (Fsp3) is 0.188. The zero-order valence-corrected chi connectivity index (χ0v) is 11.9. The van der Waals surface area contributed by atoms with Crippen LogP contribution < -0.4 is 15.8 Å². The molecular weight excluding hydrogens is 271 g/mol. The largest absolute Gasteiger partial charge is 0.483 e. The number of halogens is 1. The topological polar surface area (TPSA) is 64.3 Å². The lowest BCUT2D eigenvalue weighted by atomic mass is 10.1. The lowest BCUT2D eigenvalue weighted by Crippen LogP contribution is -2.21. The molecule has 2 aromatic carbocycles. The number of carbonyl (C=O) groups is 1. The summed E-state index contributed by atoms with van der Waals surface area (Å²) in [5.74, 6) is -0.176. The van der Waals surface area contributed by atoms with Crippen molar-refractivity contribution in [1.82, 2.24) is 0 Å². The van der Waals surface area contributed by atoms with E-state index in [1.165, 1.54) is 18.2 Å². The summed E-state index contributed by atoms with van der Waals surface area (Å²) in [5, 5.41) is 2.53. The van der Waals surface area contributed by atoms with E-state index >= 15 is 0 Å². The van der Waals surface area contributed by atoms with Crippen LogP contribution in [0.15, 0.2) is 36.4 Å². The first kappa shape index (κ1) is 14.8. The molecule has 0 unspecified atom stereocenters. The smallest absolute Gasteiger partial charge is 0.262 e. The van der Waals surface area contributed by atoms with Crippen LogP contribution in [0.25, 0.3) is 0 Å². The molecule has 0 bridgehead atoms. The third-order valence-corrected chi connectivity index (χ3v) is 3.05. The van der Waals surface area contributed by atoms with Gasteiger partial charge in [0.2, 0.25) is 0 Å². The SMILES string of the molecule is Cc1cccc(C)c1OCC(=O)Nc1cc(F)ccc1N. The van der Waals surface area contributed by atoms with Gasteiger partial charge in [-0.1, -0.05) is 18.2 Å². The van der Waals surface area contributed by atoms with Crippen LogP contribution in [-0.4, -0.2) is 12.5 Å². The summed E-state index contributed by atoms with van der Waals surface area (Å²) in [5.41, 5.74) is 8.12. The Morgan fingerprint density at radius 3 is 2.57 bits per heavy atom. The van der Waals surface area contributed by atoms with Gasteiger partial charge >= 0.3 is 0 Å². The predicted octanol–water partition coefficient (Wildman–Crippen LogP) is 3.04. The van der Waals surface area contributed by atoms with Crippen molar-refractivity contribution in [3.05, 3.63) is 53.3 Å². The summed E-state index contributed by atoms with van der Waals surface area (Å²) in [6.45, 7) is 3.65. The lowest BCUT2D eigenvalue weighted by Gasteiger charge is -2.12. The van der Waals surface area contributed by atoms with Gasteiger partial charge in [0.1, 0.15) is 11.6 Å². The van der Waals surface area contributed by atoms with Gasteiger partial charge in [-0.25, -0.2) is 4.39 Å². The summed E-state index contributed by atoms with van der Waals surface area (Å²) < 4.78 is 18.6. The van der Waals surface area contributed by atoms with Crippen molar-refractivity contribution in [2.75, 3.05) is 17.7 Å². The number of rotatable bonds is 4. The molecule has 0 saturated heterocycles. The highest BCUT2D eigenvalue weighted by molar-refractivity contribution is 5.94. The minimum absolute atomic E-state index is 0.165. The number of aryl methyl sites for hydroxylation is 2. The van der Waals surface area contributed by atoms with Gasteiger partial charge in [-0.2, -0.15) is 0 Å². The number of amides is 1. The molecule has 0 spiro atoms. The van der Waals surface area contributed by atoms with E-state index in [1.807, 2.05) is 32.0 Å². The Morgan fingerprint density at radius 1 is 1.24 bits per heavy atom. The van der Waals surface area contributed by atoms with E-state index in [4.69, 9.17) is 10.5 Å². The van der Waals surface area contributed by atoms with Gasteiger partial charge < -0.3 is 15.8 Å². The molecule has 110 valence electrons. The van der Waals surface area contributed by atoms with Crippen molar-refractivity contribution in [3.8, 4) is 5.75 Å². The van der Waals surface area contributed by atoms with Gasteiger partial charge in [-0.3, -0.25) is 4.79 Å². The van der Waals surface area contributed by atoms with E-state index < -0.39 is 11.7 Å². The van der Waals surface area contributed by atoms with Crippen LogP contribution in [0, 0.1) is 19.7 Å². The number of ether oxygens (including phenoxy) is 1. The van der Waals surface area contributed by atoms with E-state index in [0.29, 0.717) is 11.4 Å². The van der Waals surface area contributed by atoms with Crippen LogP contribution in [0.2, 0.25) is 0 Å². The minimum Gasteiger partial charge on any atom is -0.483 e. The van der Waals surface area contributed by atoms with E-state index in [9.17, 15) is 9.18 Å². The third-order valence-electron chi connectivity index (χ3n) is 3.05. The van der Waals surface area contributed by atoms with Crippen molar-refractivity contribution in [2.45, 2.75) is 13.8 Å². The fourth-order valence-electron chi connectivity index (χ4n) is 1.99. The predicted molar refractivity (Wildman–Crippen MR) is 80.9 cm³/mol. The summed E-state index contributed by atoms with van der Waals surface area (Å²) in [7, 11) is 0. The van der Waals surface area contributed by atoms with Crippen molar-refractivity contribution in [3.63, 3.8) is 0 Å². The maximum Gasteiger partial charge on any atom is 0.262 e. The normalized spacial score (nSPS) is 10.2. The molecule has 0 saturated carbocycles. The van der Waals surface area contributed by atoms with Crippen molar-refractivity contribution >= 4 is 17.3 Å². The Kier molecular flexibility index (Phi) is 4.42. The van der Waals surface area contributed by atoms with E-state index in [1.54, 1.807) is 0 Å². The number of nitrogen functional groups attached to an aromatic ring is 1. The molecule has 0 radical (unpaired) electrons. The Bertz CT molecular complexity index is 651. The Hall–Kier alpha value is -2.56. The average molecular weight is 288 g/mol. The molecule has 0 aliphatic heterocycles. The fourth-order valence-corrected chi connectivity index (χ4v) is 1.99. The molecule has 2 rings (SSSR count). The molecule has 21 heavy (non-hydrogen) atoms. The molecule has 0 heterocycles. The highest BCUT2D eigenvalue weighted by atomic mass is 19.1. The van der Waals surface area contributed by atoms with Crippen LogP contribution in [-0.2, 0) is 4.79 Å². The molecule has 0 aromatic heterocycles. The van der Waals surface area contributed by atoms with Gasteiger partial charge in [0.25, 0.3) is 5.91 Å². The second-order valence-electron chi connectivity index (χ2n) is 4.79. The molecule has 3 N–H and O–H groups in total. The molecule has 5 heteroatoms. The second-order valence-corrected chi connectivity index (χ2v) is 4.79. The van der Waals surface area contributed by atoms with E-state index in [0.717, 1.165) is 11.1 Å². The van der Waals surface area contributed by atoms with Gasteiger partial charge in [-0.05, 0) is 43.2 Å². The summed E-state index contributed by atoms with van der Waals surface area (Å²) >= 11 is 0. The number of nitrogens with two attached hydrogens (primary N) is 1. The Balaban J connectivity index is 2.01. The molecule has 0 aliphatic carbocycles. The molecule has 0 aliphatic rings. The monoisotopic (exact) mass is 288 g/mol. The maximum atomic E-state index is 13.1. The van der Waals surface area contributed by atoms with Crippen LogP contribution >= 0.6 is 0 Å². The number of benzene rings is 2. The summed E-state index contributed by atoms with van der Waals surface area (Å²) in [6.07, 6.45) is 0. The van der Waals surface area contributed by atoms with Gasteiger partial charge in [-0.15, -0.1) is 0 Å². The summed E-state index contributed by atoms with van der Waals surface area (Å²) in [4.78, 5) is 11.9. The Morgan fingerprint density at radius 2 is 1.90 bits per heavy atom. The Labute approximate surface area is 122 Å². The van der Waals surface area contributed by atoms with Crippen LogP contribution in [0.4, 0.5) is 15.8 Å². The first-order chi connectivity index (χ1) is 9.97. The third kappa shape index (κ3) is 3.72. The molecule has 2 aromatic rings. The first-order valence-electron chi connectivity index (χ1n) is 6.51. The van der Waals surface area contributed by atoms with Crippen LogP contribution in [0.1, 0.15) is 11.1 Å². The van der Waals surface area contributed by atoms with Crippen LogP contribution in [0.5, 0.6) is 5.75 Å². The lowest BCUT2D eigenvalue weighted by molar-refractivity contribution is -0.118. The average Bonchev–Trinajstić information content (AvgIpc) is 2.42. The highest BCUT2D eigenvalue weighted by Gasteiger charge is 2.09. The summed E-state index contributed by atoms with van der Waals surface area (Å²) in [6, 6.07) is 9.54. The number of hydrogen-bond donors (Lipinski definition) is 2. The van der Waals surface area contributed by atoms with Gasteiger partial charge in [0.15, 0.2) is 6.61 Å². The number of nitrogens with one attached hydrogen (secondary N) is 1. The number of hydrogen-bond acceptors (Lipinski definition) is 3. The maximum absolute atomic E-state index is 13.1. The van der Waals surface area contributed by atoms with Crippen molar-refractivity contribution in [1.29, 1.82) is 0 Å². The van der Waals surface area contributed by atoms with E-state index in [2.05, 4.69) is 5.32 Å². The molecule has 4 nitrogen and oxygen atoms in total. The zero-order valence-electron chi connectivity index (χ0n) is 11.9. The van der Waals surface area contributed by atoms with Gasteiger partial charge in [0.05, 0.1) is 11.4 Å². The number of carbonyl (C=O) groups excluding carboxylic acids is 1. The molecular formula is C16H17FN2O2. The second kappa shape index (κ2) is 6.26. The molecule has 0 fully saturated rings. The number of anilines is 2. The van der Waals surface area contributed by atoms with Crippen LogP contribution in [0.3, 0.4) is 0 Å². The van der Waals surface area contributed by atoms with Crippen molar-refractivity contribution in [2.24, 2.45) is 0 Å². The minimum atomic E-state index is -0.463. The van der Waals surface area contributed by atoms with E-state index in [-0.39, 0.29) is 12.3 Å². The zero-order chi connectivity index (χ0) is 15.4. The molecule has 1 amide bonds. The quantitative estimate of drug-likeness (QED) is 0.850. The first-order valence-corrected chi connectivity index (χ1v) is 6.51.